The highest BCUT2D eigenvalue weighted by molar-refractivity contribution is 5.93. The Morgan fingerprint density at radius 3 is 2.11 bits per heavy atom. The van der Waals surface area contributed by atoms with Gasteiger partial charge in [-0.1, -0.05) is 46.2 Å². The smallest absolute Gasteiger partial charge is 0.248 e. The molecule has 208 valence electrons. The number of rotatable bonds is 9. The van der Waals surface area contributed by atoms with Gasteiger partial charge in [-0.15, -0.1) is 0 Å². The van der Waals surface area contributed by atoms with Crippen LogP contribution in [0.1, 0.15) is 69.1 Å². The molecular formula is C31H46N4O3. The first-order valence-electron chi connectivity index (χ1n) is 13.2. The lowest BCUT2D eigenvalue weighted by molar-refractivity contribution is -0.107. The van der Waals surface area contributed by atoms with Crippen LogP contribution in [0.3, 0.4) is 0 Å². The zero-order valence-electron chi connectivity index (χ0n) is 24.1. The van der Waals surface area contributed by atoms with Gasteiger partial charge in [-0.05, 0) is 73.9 Å². The van der Waals surface area contributed by atoms with Crippen LogP contribution in [0.2, 0.25) is 0 Å². The van der Waals surface area contributed by atoms with Gasteiger partial charge >= 0.3 is 0 Å². The van der Waals surface area contributed by atoms with Crippen molar-refractivity contribution in [3.63, 3.8) is 0 Å². The molecule has 0 spiro atoms. The van der Waals surface area contributed by atoms with Crippen LogP contribution in [0.4, 0.5) is 5.69 Å². The molecule has 0 aliphatic rings. The van der Waals surface area contributed by atoms with Gasteiger partial charge in [-0.25, -0.2) is 0 Å². The molecular weight excluding hydrogens is 476 g/mol. The number of nitrogens with zero attached hydrogens (tertiary/aromatic N) is 1. The van der Waals surface area contributed by atoms with Gasteiger partial charge in [-0.3, -0.25) is 4.79 Å². The lowest BCUT2D eigenvalue weighted by Crippen LogP contribution is -2.12. The molecule has 2 aromatic carbocycles. The van der Waals surface area contributed by atoms with Crippen LogP contribution >= 0.6 is 0 Å². The average Bonchev–Trinajstić information content (AvgIpc) is 3.36. The molecule has 0 atom stereocenters. The Hall–Kier alpha value is -3.84. The third-order valence-electron chi connectivity index (χ3n) is 5.02. The van der Waals surface area contributed by atoms with Crippen molar-refractivity contribution in [3.8, 4) is 16.9 Å². The topological polar surface area (TPSA) is 112 Å². The van der Waals surface area contributed by atoms with E-state index in [1.165, 1.54) is 12.6 Å². The monoisotopic (exact) mass is 522 g/mol. The first kappa shape index (κ1) is 34.2. The zero-order chi connectivity index (χ0) is 28.9. The van der Waals surface area contributed by atoms with E-state index < -0.39 is 5.91 Å². The summed E-state index contributed by atoms with van der Waals surface area (Å²) in [5, 5.41) is 3.08. The summed E-state index contributed by atoms with van der Waals surface area (Å²) in [5.74, 6) is -0.455. The van der Waals surface area contributed by atoms with E-state index in [1.54, 1.807) is 25.4 Å². The standard InChI is InChI=1S/C23H24N4O2.C3H8O.C3H8.C2H6/c1-16-15-18(23(25)29)6-10-21(16)27-20(3-2-14-28)9-11-22(27)17-4-7-19(8-5-17)26-13-12-24;1-3-4-2;1-3-2;1-2/h4-15,26H,2-3,24H2,1H3,(H2,25,29);3H2,1-2H3;3H2,1-2H3;1-2H3/b13-12-;;;. The highest BCUT2D eigenvalue weighted by Gasteiger charge is 2.15. The molecule has 38 heavy (non-hydrogen) atoms. The Balaban J connectivity index is 0.00000134. The number of amides is 1. The summed E-state index contributed by atoms with van der Waals surface area (Å²) in [6.45, 7) is 13.0. The van der Waals surface area contributed by atoms with Crippen molar-refractivity contribution in [2.75, 3.05) is 19.0 Å². The van der Waals surface area contributed by atoms with E-state index in [0.29, 0.717) is 18.4 Å². The Bertz CT molecular complexity index is 1100. The van der Waals surface area contributed by atoms with E-state index in [4.69, 9.17) is 11.5 Å². The number of hydrogen-bond acceptors (Lipinski definition) is 5. The number of aryl methyl sites for hydroxylation is 2. The van der Waals surface area contributed by atoms with Gasteiger partial charge < -0.3 is 30.9 Å². The maximum Gasteiger partial charge on any atom is 0.248 e. The number of benzene rings is 2. The van der Waals surface area contributed by atoms with Crippen LogP contribution in [-0.2, 0) is 16.0 Å². The number of aromatic nitrogens is 1. The number of aldehydes is 1. The minimum atomic E-state index is -0.455. The van der Waals surface area contributed by atoms with Crippen LogP contribution in [0.5, 0.6) is 0 Å². The molecule has 0 aliphatic carbocycles. The van der Waals surface area contributed by atoms with Gasteiger partial charge in [0.05, 0.1) is 5.69 Å². The lowest BCUT2D eigenvalue weighted by atomic mass is 10.1. The maximum absolute atomic E-state index is 11.5. The molecule has 0 bridgehead atoms. The molecule has 0 saturated heterocycles. The van der Waals surface area contributed by atoms with Crippen molar-refractivity contribution in [2.45, 2.75) is 60.8 Å². The van der Waals surface area contributed by atoms with Gasteiger partial charge in [0.15, 0.2) is 0 Å². The van der Waals surface area contributed by atoms with E-state index in [1.807, 2.05) is 70.2 Å². The molecule has 0 fully saturated rings. The maximum atomic E-state index is 11.5. The summed E-state index contributed by atoms with van der Waals surface area (Å²) in [4.78, 5) is 22.4. The molecule has 1 heterocycles. The second kappa shape index (κ2) is 20.2. The second-order valence-electron chi connectivity index (χ2n) is 7.98. The molecule has 0 saturated carbocycles. The van der Waals surface area contributed by atoms with Crippen molar-refractivity contribution in [1.82, 2.24) is 4.57 Å². The minimum absolute atomic E-state index is 0.441. The molecule has 5 N–H and O–H groups in total. The van der Waals surface area contributed by atoms with Crippen LogP contribution in [-0.4, -0.2) is 30.5 Å². The van der Waals surface area contributed by atoms with E-state index in [0.717, 1.165) is 46.8 Å². The largest absolute Gasteiger partial charge is 0.403 e. The fourth-order valence-electron chi connectivity index (χ4n) is 3.33. The SMILES string of the molecule is CC.CCC.CCOC.Cc1cc(C(N)=O)ccc1-n1c(CCC=O)ccc1-c1ccc(N/C=C\N)cc1. The summed E-state index contributed by atoms with van der Waals surface area (Å²) in [6.07, 6.45) is 6.35. The summed E-state index contributed by atoms with van der Waals surface area (Å²) in [6, 6.07) is 17.5. The fraction of sp³-hybridized carbons (Fsp3) is 0.355. The number of carbonyl (C=O) groups is 2. The third kappa shape index (κ3) is 11.0. The highest BCUT2D eigenvalue weighted by Crippen LogP contribution is 2.30. The van der Waals surface area contributed by atoms with Crippen LogP contribution in [0, 0.1) is 6.92 Å². The van der Waals surface area contributed by atoms with Crippen LogP contribution in [0.15, 0.2) is 67.0 Å². The quantitative estimate of drug-likeness (QED) is 0.273. The molecule has 1 aromatic heterocycles. The lowest BCUT2D eigenvalue weighted by Gasteiger charge is -2.17. The molecule has 0 radical (unpaired) electrons. The zero-order valence-corrected chi connectivity index (χ0v) is 24.1. The first-order chi connectivity index (χ1) is 18.4. The van der Waals surface area contributed by atoms with E-state index >= 15 is 0 Å². The molecule has 0 aliphatic heterocycles. The average molecular weight is 523 g/mol. The minimum Gasteiger partial charge on any atom is -0.403 e. The Labute approximate surface area is 228 Å². The first-order valence-corrected chi connectivity index (χ1v) is 13.2. The number of methoxy groups -OCH3 is 1. The molecule has 7 heteroatoms. The fourth-order valence-corrected chi connectivity index (χ4v) is 3.33. The van der Waals surface area contributed by atoms with Gasteiger partial charge in [0.25, 0.3) is 0 Å². The third-order valence-corrected chi connectivity index (χ3v) is 5.02. The number of primary amides is 1. The molecule has 7 nitrogen and oxygen atoms in total. The summed E-state index contributed by atoms with van der Waals surface area (Å²) in [5.41, 5.74) is 17.1. The highest BCUT2D eigenvalue weighted by atomic mass is 16.5. The van der Waals surface area contributed by atoms with Gasteiger partial charge in [-0.2, -0.15) is 0 Å². The van der Waals surface area contributed by atoms with E-state index in [9.17, 15) is 9.59 Å². The van der Waals surface area contributed by atoms with Gasteiger partial charge in [0, 0.05) is 55.2 Å². The van der Waals surface area contributed by atoms with Crippen molar-refractivity contribution < 1.29 is 14.3 Å². The molecule has 0 unspecified atom stereocenters. The number of anilines is 1. The van der Waals surface area contributed by atoms with Crippen molar-refractivity contribution >= 4 is 17.9 Å². The van der Waals surface area contributed by atoms with Crippen molar-refractivity contribution in [2.24, 2.45) is 11.5 Å². The summed E-state index contributed by atoms with van der Waals surface area (Å²) < 4.78 is 6.67. The normalized spacial score (nSPS) is 9.76. The molecule has 3 aromatic rings. The van der Waals surface area contributed by atoms with Crippen molar-refractivity contribution in [3.05, 3.63) is 83.8 Å². The number of nitrogens with one attached hydrogen (secondary N) is 1. The Morgan fingerprint density at radius 2 is 1.63 bits per heavy atom. The summed E-state index contributed by atoms with van der Waals surface area (Å²) >= 11 is 0. The van der Waals surface area contributed by atoms with Crippen LogP contribution < -0.4 is 16.8 Å². The van der Waals surface area contributed by atoms with Crippen LogP contribution in [0.25, 0.3) is 16.9 Å². The molecule has 1 amide bonds. The Kier molecular flexibility index (Phi) is 18.2. The number of ether oxygens (including phenoxy) is 1. The van der Waals surface area contributed by atoms with E-state index in [2.05, 4.69) is 28.5 Å². The second-order valence-corrected chi connectivity index (χ2v) is 7.98. The number of hydrogen-bond donors (Lipinski definition) is 3. The predicted octanol–water partition coefficient (Wildman–Crippen LogP) is 6.62. The Morgan fingerprint density at radius 1 is 1.03 bits per heavy atom. The van der Waals surface area contributed by atoms with Gasteiger partial charge in [0.1, 0.15) is 6.29 Å². The predicted molar refractivity (Wildman–Crippen MR) is 161 cm³/mol. The number of carbonyl (C=O) groups excluding carboxylic acids is 2. The van der Waals surface area contributed by atoms with Crippen molar-refractivity contribution in [1.29, 1.82) is 0 Å². The number of nitrogens with two attached hydrogens (primary N) is 2. The molecule has 3 rings (SSSR count). The van der Waals surface area contributed by atoms with E-state index in [-0.39, 0.29) is 0 Å². The van der Waals surface area contributed by atoms with Gasteiger partial charge in [0.2, 0.25) is 5.91 Å². The summed E-state index contributed by atoms with van der Waals surface area (Å²) in [7, 11) is 1.68.